The maximum Gasteiger partial charge on any atom is 0.242 e. The first kappa shape index (κ1) is 15.2. The van der Waals surface area contributed by atoms with E-state index in [-0.39, 0.29) is 37.3 Å². The van der Waals surface area contributed by atoms with Gasteiger partial charge in [-0.1, -0.05) is 6.42 Å². The van der Waals surface area contributed by atoms with Gasteiger partial charge in [-0.05, 0) is 31.6 Å². The molecule has 1 unspecified atom stereocenters. The summed E-state index contributed by atoms with van der Waals surface area (Å²) in [6, 6.07) is 0.422. The summed E-state index contributed by atoms with van der Waals surface area (Å²) in [5, 5.41) is 2.55. The highest BCUT2D eigenvalue weighted by Crippen LogP contribution is 2.36. The van der Waals surface area contributed by atoms with Gasteiger partial charge in [0.05, 0.1) is 13.1 Å². The van der Waals surface area contributed by atoms with E-state index in [0.717, 1.165) is 19.4 Å². The normalized spacial score (nSPS) is 23.2. The van der Waals surface area contributed by atoms with E-state index in [2.05, 4.69) is 5.32 Å². The second-order valence-electron chi connectivity index (χ2n) is 4.97. The van der Waals surface area contributed by atoms with Crippen molar-refractivity contribution in [2.75, 3.05) is 19.6 Å². The number of hydrogen-bond acceptors (Lipinski definition) is 3. The molecule has 5 nitrogen and oxygen atoms in total. The summed E-state index contributed by atoms with van der Waals surface area (Å²) in [4.78, 5) is 25.0. The second kappa shape index (κ2) is 6.95. The fourth-order valence-corrected chi connectivity index (χ4v) is 2.76. The van der Waals surface area contributed by atoms with E-state index in [1.54, 1.807) is 0 Å². The van der Waals surface area contributed by atoms with Crippen molar-refractivity contribution in [2.45, 2.75) is 38.1 Å². The quantitative estimate of drug-likeness (QED) is 0.774. The zero-order chi connectivity index (χ0) is 12.3. The fraction of sp³-hybridized carbons (Fsp3) is 0.833. The Morgan fingerprint density at radius 3 is 2.50 bits per heavy atom. The third-order valence-electron chi connectivity index (χ3n) is 3.94. The molecule has 0 aromatic rings. The Balaban J connectivity index is 0.00000162. The van der Waals surface area contributed by atoms with Crippen LogP contribution in [-0.4, -0.2) is 42.4 Å². The number of nitrogens with zero attached hydrogens (tertiary/aromatic N) is 1. The predicted octanol–water partition coefficient (Wildman–Crippen LogP) is 0.274. The van der Waals surface area contributed by atoms with E-state index in [0.29, 0.717) is 12.0 Å². The molecule has 2 fully saturated rings. The molecule has 0 radical (unpaired) electrons. The molecule has 1 aliphatic carbocycles. The van der Waals surface area contributed by atoms with Gasteiger partial charge in [0.1, 0.15) is 0 Å². The molecule has 1 saturated carbocycles. The monoisotopic (exact) mass is 275 g/mol. The molecule has 18 heavy (non-hydrogen) atoms. The lowest BCUT2D eigenvalue weighted by Gasteiger charge is -2.37. The van der Waals surface area contributed by atoms with Crippen LogP contribution < -0.4 is 11.1 Å². The Kier molecular flexibility index (Phi) is 5.88. The van der Waals surface area contributed by atoms with Gasteiger partial charge in [-0.25, -0.2) is 0 Å². The van der Waals surface area contributed by atoms with Crippen molar-refractivity contribution in [3.05, 3.63) is 0 Å². The first-order chi connectivity index (χ1) is 8.22. The summed E-state index contributed by atoms with van der Waals surface area (Å²) >= 11 is 0. The fourth-order valence-electron chi connectivity index (χ4n) is 2.76. The molecule has 0 bridgehead atoms. The zero-order valence-electron chi connectivity index (χ0n) is 10.6. The van der Waals surface area contributed by atoms with Crippen molar-refractivity contribution >= 4 is 24.2 Å². The lowest BCUT2D eigenvalue weighted by Crippen LogP contribution is -2.47. The maximum absolute atomic E-state index is 12.0. The van der Waals surface area contributed by atoms with Crippen LogP contribution >= 0.6 is 12.4 Å². The van der Waals surface area contributed by atoms with Crippen molar-refractivity contribution in [1.82, 2.24) is 10.2 Å². The number of hydrogen-bond donors (Lipinski definition) is 2. The lowest BCUT2D eigenvalue weighted by atomic mass is 9.79. The first-order valence-corrected chi connectivity index (χ1v) is 6.48. The van der Waals surface area contributed by atoms with Crippen LogP contribution in [0.4, 0.5) is 0 Å². The number of carbonyl (C=O) groups is 2. The van der Waals surface area contributed by atoms with Crippen LogP contribution in [0.1, 0.15) is 32.1 Å². The first-order valence-electron chi connectivity index (χ1n) is 6.48. The predicted molar refractivity (Wildman–Crippen MR) is 71.4 cm³/mol. The van der Waals surface area contributed by atoms with Gasteiger partial charge in [0.25, 0.3) is 0 Å². The summed E-state index contributed by atoms with van der Waals surface area (Å²) in [5.41, 5.74) is 5.18. The van der Waals surface area contributed by atoms with Gasteiger partial charge in [0.2, 0.25) is 11.8 Å². The number of carbonyl (C=O) groups excluding carboxylic acids is 2. The maximum atomic E-state index is 12.0. The molecule has 3 N–H and O–H groups in total. The molecular weight excluding hydrogens is 254 g/mol. The third kappa shape index (κ3) is 3.36. The van der Waals surface area contributed by atoms with Crippen LogP contribution in [0.3, 0.4) is 0 Å². The van der Waals surface area contributed by atoms with Crippen molar-refractivity contribution in [2.24, 2.45) is 11.7 Å². The summed E-state index contributed by atoms with van der Waals surface area (Å²) in [7, 11) is 0. The van der Waals surface area contributed by atoms with Gasteiger partial charge < -0.3 is 16.0 Å². The van der Waals surface area contributed by atoms with Crippen LogP contribution in [0.25, 0.3) is 0 Å². The third-order valence-corrected chi connectivity index (χ3v) is 3.94. The molecule has 2 amide bonds. The molecule has 1 saturated heterocycles. The molecule has 1 heterocycles. The van der Waals surface area contributed by atoms with E-state index in [4.69, 9.17) is 5.73 Å². The van der Waals surface area contributed by atoms with E-state index in [1.165, 1.54) is 19.3 Å². The molecule has 1 aliphatic heterocycles. The summed E-state index contributed by atoms with van der Waals surface area (Å²) < 4.78 is 0. The minimum absolute atomic E-state index is 0. The van der Waals surface area contributed by atoms with Crippen LogP contribution in [0.15, 0.2) is 0 Å². The molecule has 104 valence electrons. The molecule has 6 heteroatoms. The van der Waals surface area contributed by atoms with E-state index in [1.807, 2.05) is 4.90 Å². The SMILES string of the molecule is Cl.NCC(=O)NCC(=O)N1CCCC1C1CCC1. The van der Waals surface area contributed by atoms with E-state index in [9.17, 15) is 9.59 Å². The smallest absolute Gasteiger partial charge is 0.242 e. The van der Waals surface area contributed by atoms with E-state index < -0.39 is 0 Å². The summed E-state index contributed by atoms with van der Waals surface area (Å²) in [5.74, 6) is 0.477. The van der Waals surface area contributed by atoms with E-state index >= 15 is 0 Å². The molecule has 0 aromatic carbocycles. The molecule has 0 aromatic heterocycles. The number of nitrogens with one attached hydrogen (secondary N) is 1. The Labute approximate surface area is 114 Å². The minimum atomic E-state index is -0.266. The van der Waals surface area contributed by atoms with Crippen LogP contribution in [0, 0.1) is 5.92 Å². The number of nitrogens with two attached hydrogens (primary N) is 1. The molecule has 2 rings (SSSR count). The highest BCUT2D eigenvalue weighted by atomic mass is 35.5. The topological polar surface area (TPSA) is 75.4 Å². The minimum Gasteiger partial charge on any atom is -0.346 e. The van der Waals surface area contributed by atoms with Gasteiger partial charge in [-0.2, -0.15) is 0 Å². The molecule has 1 atom stereocenters. The zero-order valence-corrected chi connectivity index (χ0v) is 11.4. The van der Waals surface area contributed by atoms with Gasteiger partial charge in [0, 0.05) is 12.6 Å². The van der Waals surface area contributed by atoms with Crippen molar-refractivity contribution in [3.63, 3.8) is 0 Å². The summed E-state index contributed by atoms with van der Waals surface area (Å²) in [6.07, 6.45) is 6.03. The van der Waals surface area contributed by atoms with Crippen LogP contribution in [-0.2, 0) is 9.59 Å². The summed E-state index contributed by atoms with van der Waals surface area (Å²) in [6.45, 7) is 0.886. The van der Waals surface area contributed by atoms with Gasteiger partial charge >= 0.3 is 0 Å². The number of rotatable bonds is 4. The molecular formula is C12H22ClN3O2. The van der Waals surface area contributed by atoms with Crippen molar-refractivity contribution in [3.8, 4) is 0 Å². The van der Waals surface area contributed by atoms with Gasteiger partial charge in [-0.15, -0.1) is 12.4 Å². The largest absolute Gasteiger partial charge is 0.346 e. The van der Waals surface area contributed by atoms with Crippen molar-refractivity contribution in [1.29, 1.82) is 0 Å². The molecule has 0 spiro atoms. The Bertz CT molecular complexity index is 308. The average molecular weight is 276 g/mol. The van der Waals surface area contributed by atoms with Crippen LogP contribution in [0.2, 0.25) is 0 Å². The lowest BCUT2D eigenvalue weighted by molar-refractivity contribution is -0.134. The Morgan fingerprint density at radius 2 is 1.94 bits per heavy atom. The van der Waals surface area contributed by atoms with Gasteiger partial charge in [0.15, 0.2) is 0 Å². The highest BCUT2D eigenvalue weighted by Gasteiger charge is 2.36. The number of halogens is 1. The van der Waals surface area contributed by atoms with Gasteiger partial charge in [-0.3, -0.25) is 9.59 Å². The Morgan fingerprint density at radius 1 is 1.22 bits per heavy atom. The van der Waals surface area contributed by atoms with Crippen LogP contribution in [0.5, 0.6) is 0 Å². The standard InChI is InChI=1S/C12H21N3O2.ClH/c13-7-11(16)14-8-12(17)15-6-2-5-10(15)9-3-1-4-9;/h9-10H,1-8,13H2,(H,14,16);1H. The number of amides is 2. The highest BCUT2D eigenvalue weighted by molar-refractivity contribution is 5.86. The average Bonchev–Trinajstić information content (AvgIpc) is 2.72. The molecule has 2 aliphatic rings. The Hall–Kier alpha value is -0.810. The number of likely N-dealkylation sites (tertiary alicyclic amines) is 1. The second-order valence-corrected chi connectivity index (χ2v) is 4.97. The van der Waals surface area contributed by atoms with Crippen molar-refractivity contribution < 1.29 is 9.59 Å².